The predicted octanol–water partition coefficient (Wildman–Crippen LogP) is 2.00. The lowest BCUT2D eigenvalue weighted by Crippen LogP contribution is -2.38. The van der Waals surface area contributed by atoms with Gasteiger partial charge in [0.1, 0.15) is 0 Å². The van der Waals surface area contributed by atoms with Gasteiger partial charge >= 0.3 is 0 Å². The van der Waals surface area contributed by atoms with Crippen LogP contribution in [0.25, 0.3) is 0 Å². The van der Waals surface area contributed by atoms with Crippen LogP contribution in [-0.2, 0) is 11.3 Å². The average Bonchev–Trinajstić information content (AvgIpc) is 2.15. The molecule has 0 aromatic heterocycles. The van der Waals surface area contributed by atoms with Crippen molar-refractivity contribution in [1.82, 2.24) is 5.32 Å². The minimum Gasteiger partial charge on any atom is -0.351 e. The largest absolute Gasteiger partial charge is 0.351 e. The van der Waals surface area contributed by atoms with Crippen molar-refractivity contribution >= 4 is 18.3 Å². The number of carbonyl (C=O) groups is 1. The van der Waals surface area contributed by atoms with Gasteiger partial charge in [0, 0.05) is 6.54 Å². The first-order chi connectivity index (χ1) is 7.41. The highest BCUT2D eigenvalue weighted by Gasteiger charge is 2.09. The van der Waals surface area contributed by atoms with E-state index >= 15 is 0 Å². The molecule has 1 amide bonds. The summed E-state index contributed by atoms with van der Waals surface area (Å²) in [5.74, 6) is -0.112. The summed E-state index contributed by atoms with van der Waals surface area (Å²) in [5, 5.41) is 2.84. The number of benzene rings is 1. The lowest BCUT2D eigenvalue weighted by molar-refractivity contribution is -0.122. The van der Waals surface area contributed by atoms with Gasteiger partial charge in [-0.05, 0) is 44.4 Å². The molecule has 0 heterocycles. The SMILES string of the molecule is Cc1cc(C)c(CNC(=O)[C@@H](C)N)c(C)c1.Cl. The van der Waals surface area contributed by atoms with E-state index in [0.717, 1.165) is 0 Å². The maximum Gasteiger partial charge on any atom is 0.236 e. The standard InChI is InChI=1S/C13H20N2O.ClH/c1-8-5-9(2)12(10(3)6-8)7-15-13(16)11(4)14;/h5-6,11H,7,14H2,1-4H3,(H,15,16);1H/t11-;/m1./s1. The van der Waals surface area contributed by atoms with E-state index in [1.54, 1.807) is 6.92 Å². The molecule has 0 aliphatic heterocycles. The van der Waals surface area contributed by atoms with Crippen molar-refractivity contribution in [3.05, 3.63) is 34.4 Å². The summed E-state index contributed by atoms with van der Waals surface area (Å²) in [5.41, 5.74) is 10.3. The molecule has 0 spiro atoms. The zero-order chi connectivity index (χ0) is 12.3. The number of nitrogens with two attached hydrogens (primary N) is 1. The second-order valence-electron chi connectivity index (χ2n) is 4.38. The van der Waals surface area contributed by atoms with Crippen LogP contribution in [0.2, 0.25) is 0 Å². The minimum absolute atomic E-state index is 0. The van der Waals surface area contributed by atoms with Crippen molar-refractivity contribution in [1.29, 1.82) is 0 Å². The highest BCUT2D eigenvalue weighted by atomic mass is 35.5. The Bertz CT molecular complexity index is 379. The van der Waals surface area contributed by atoms with Gasteiger partial charge in [0.15, 0.2) is 0 Å². The summed E-state index contributed by atoms with van der Waals surface area (Å²) < 4.78 is 0. The lowest BCUT2D eigenvalue weighted by Gasteiger charge is -2.13. The van der Waals surface area contributed by atoms with E-state index in [-0.39, 0.29) is 18.3 Å². The van der Waals surface area contributed by atoms with Gasteiger partial charge in [-0.25, -0.2) is 0 Å². The van der Waals surface area contributed by atoms with Crippen molar-refractivity contribution in [2.75, 3.05) is 0 Å². The van der Waals surface area contributed by atoms with Crippen molar-refractivity contribution in [2.24, 2.45) is 5.73 Å². The zero-order valence-corrected chi connectivity index (χ0v) is 11.6. The Labute approximate surface area is 109 Å². The van der Waals surface area contributed by atoms with Crippen LogP contribution in [0.3, 0.4) is 0 Å². The molecule has 0 radical (unpaired) electrons. The summed E-state index contributed by atoms with van der Waals surface area (Å²) in [6.45, 7) is 8.44. The van der Waals surface area contributed by atoms with E-state index in [4.69, 9.17) is 5.73 Å². The maximum atomic E-state index is 11.4. The van der Waals surface area contributed by atoms with E-state index in [1.807, 2.05) is 0 Å². The fraction of sp³-hybridized carbons (Fsp3) is 0.462. The minimum atomic E-state index is -0.453. The molecule has 0 saturated carbocycles. The molecule has 1 atom stereocenters. The molecule has 0 aliphatic rings. The van der Waals surface area contributed by atoms with Gasteiger partial charge in [0.25, 0.3) is 0 Å². The van der Waals surface area contributed by atoms with Crippen LogP contribution in [0.1, 0.15) is 29.2 Å². The topological polar surface area (TPSA) is 55.1 Å². The number of aryl methyl sites for hydroxylation is 3. The molecule has 3 nitrogen and oxygen atoms in total. The van der Waals surface area contributed by atoms with Gasteiger partial charge in [0.05, 0.1) is 6.04 Å². The second kappa shape index (κ2) is 6.62. The molecule has 1 rings (SSSR count). The van der Waals surface area contributed by atoms with E-state index in [9.17, 15) is 4.79 Å². The number of halogens is 1. The predicted molar refractivity (Wildman–Crippen MR) is 73.4 cm³/mol. The second-order valence-corrected chi connectivity index (χ2v) is 4.38. The van der Waals surface area contributed by atoms with Crippen molar-refractivity contribution < 1.29 is 4.79 Å². The Morgan fingerprint density at radius 1 is 1.29 bits per heavy atom. The van der Waals surface area contributed by atoms with Gasteiger partial charge in [-0.1, -0.05) is 17.7 Å². The first kappa shape index (κ1) is 15.9. The van der Waals surface area contributed by atoms with Crippen LogP contribution in [0.4, 0.5) is 0 Å². The van der Waals surface area contributed by atoms with Gasteiger partial charge in [-0.15, -0.1) is 12.4 Å². The van der Waals surface area contributed by atoms with Crippen molar-refractivity contribution in [3.63, 3.8) is 0 Å². The molecule has 0 bridgehead atoms. The Hall–Kier alpha value is -1.06. The summed E-state index contributed by atoms with van der Waals surface area (Å²) >= 11 is 0. The van der Waals surface area contributed by atoms with Crippen LogP contribution >= 0.6 is 12.4 Å². The third-order valence-electron chi connectivity index (χ3n) is 2.69. The number of hydrogen-bond acceptors (Lipinski definition) is 2. The Balaban J connectivity index is 0.00000256. The molecule has 3 N–H and O–H groups in total. The highest BCUT2D eigenvalue weighted by molar-refractivity contribution is 5.85. The molecule has 0 fully saturated rings. The summed E-state index contributed by atoms with van der Waals surface area (Å²) in [7, 11) is 0. The van der Waals surface area contributed by atoms with Crippen LogP contribution in [0, 0.1) is 20.8 Å². The van der Waals surface area contributed by atoms with Crippen LogP contribution in [0.15, 0.2) is 12.1 Å². The van der Waals surface area contributed by atoms with E-state index in [1.165, 1.54) is 22.3 Å². The molecule has 0 saturated heterocycles. The van der Waals surface area contributed by atoms with Crippen molar-refractivity contribution in [3.8, 4) is 0 Å². The normalized spacial score (nSPS) is 11.6. The molecular weight excluding hydrogens is 236 g/mol. The lowest BCUT2D eigenvalue weighted by atomic mass is 10.00. The maximum absolute atomic E-state index is 11.4. The highest BCUT2D eigenvalue weighted by Crippen LogP contribution is 2.15. The molecule has 0 aliphatic carbocycles. The Morgan fingerprint density at radius 2 is 1.76 bits per heavy atom. The number of rotatable bonds is 3. The Kier molecular flexibility index (Phi) is 6.21. The van der Waals surface area contributed by atoms with Gasteiger partial charge in [-0.2, -0.15) is 0 Å². The van der Waals surface area contributed by atoms with Gasteiger partial charge in [0.2, 0.25) is 5.91 Å². The smallest absolute Gasteiger partial charge is 0.236 e. The molecule has 17 heavy (non-hydrogen) atoms. The number of carbonyl (C=O) groups excluding carboxylic acids is 1. The van der Waals surface area contributed by atoms with E-state index in [0.29, 0.717) is 6.54 Å². The van der Waals surface area contributed by atoms with E-state index in [2.05, 4.69) is 38.2 Å². The van der Waals surface area contributed by atoms with E-state index < -0.39 is 6.04 Å². The van der Waals surface area contributed by atoms with Crippen molar-refractivity contribution in [2.45, 2.75) is 40.3 Å². The van der Waals surface area contributed by atoms with Crippen LogP contribution in [0.5, 0.6) is 0 Å². The summed E-state index contributed by atoms with van der Waals surface area (Å²) in [4.78, 5) is 11.4. The Morgan fingerprint density at radius 3 is 2.18 bits per heavy atom. The summed E-state index contributed by atoms with van der Waals surface area (Å²) in [6.07, 6.45) is 0. The summed E-state index contributed by atoms with van der Waals surface area (Å²) in [6, 6.07) is 3.80. The average molecular weight is 257 g/mol. The van der Waals surface area contributed by atoms with Gasteiger partial charge < -0.3 is 11.1 Å². The number of nitrogens with one attached hydrogen (secondary N) is 1. The van der Waals surface area contributed by atoms with Crippen LogP contribution < -0.4 is 11.1 Å². The van der Waals surface area contributed by atoms with Gasteiger partial charge in [-0.3, -0.25) is 4.79 Å². The quantitative estimate of drug-likeness (QED) is 0.869. The molecule has 4 heteroatoms. The molecule has 0 unspecified atom stereocenters. The number of hydrogen-bond donors (Lipinski definition) is 2. The molecule has 96 valence electrons. The third kappa shape index (κ3) is 4.36. The fourth-order valence-corrected chi connectivity index (χ4v) is 1.83. The third-order valence-corrected chi connectivity index (χ3v) is 2.69. The first-order valence-electron chi connectivity index (χ1n) is 5.52. The molecule has 1 aromatic rings. The fourth-order valence-electron chi connectivity index (χ4n) is 1.83. The molecular formula is C13H21ClN2O. The first-order valence-corrected chi connectivity index (χ1v) is 5.52. The van der Waals surface area contributed by atoms with Crippen LogP contribution in [-0.4, -0.2) is 11.9 Å². The zero-order valence-electron chi connectivity index (χ0n) is 10.8. The monoisotopic (exact) mass is 256 g/mol. The number of amides is 1. The molecule has 1 aromatic carbocycles.